The lowest BCUT2D eigenvalue weighted by molar-refractivity contribution is 0.0526. The van der Waals surface area contributed by atoms with Gasteiger partial charge in [0, 0.05) is 29.3 Å². The zero-order chi connectivity index (χ0) is 19.2. The Morgan fingerprint density at radius 1 is 1.04 bits per heavy atom. The van der Waals surface area contributed by atoms with E-state index in [2.05, 4.69) is 30.6 Å². The molecule has 8 heteroatoms. The van der Waals surface area contributed by atoms with E-state index in [4.69, 9.17) is 4.74 Å². The van der Waals surface area contributed by atoms with Gasteiger partial charge < -0.3 is 15.4 Å². The van der Waals surface area contributed by atoms with Crippen LogP contribution >= 0.6 is 0 Å². The molecular weight excluding hydrogens is 344 g/mol. The number of rotatable bonds is 6. The van der Waals surface area contributed by atoms with Crippen LogP contribution in [0, 0.1) is 13.8 Å². The molecule has 0 bridgehead atoms. The molecule has 2 aromatic heterocycles. The molecule has 0 fully saturated rings. The van der Waals surface area contributed by atoms with Gasteiger partial charge in [-0.25, -0.2) is 24.7 Å². The smallest absolute Gasteiger partial charge is 0.343 e. The average molecular weight is 364 g/mol. The maximum atomic E-state index is 12.1. The topological polar surface area (TPSA) is 102 Å². The summed E-state index contributed by atoms with van der Waals surface area (Å²) < 4.78 is 5.06. The highest BCUT2D eigenvalue weighted by molar-refractivity contribution is 5.95. The normalized spacial score (nSPS) is 10.3. The summed E-state index contributed by atoms with van der Waals surface area (Å²) in [4.78, 5) is 28.7. The standard InChI is InChI=1S/C19H20N6O2/c1-4-27-19(26)16-10-20-13(3)23-18(16)25-15-7-5-14(6-8-15)24-17-9-12(2)21-11-22-17/h5-11H,4H2,1-3H3,(H,20,23,25)(H,21,22,24). The van der Waals surface area contributed by atoms with Gasteiger partial charge in [0.15, 0.2) is 0 Å². The number of hydrogen-bond donors (Lipinski definition) is 2. The van der Waals surface area contributed by atoms with E-state index in [0.717, 1.165) is 22.9 Å². The van der Waals surface area contributed by atoms with Crippen molar-refractivity contribution in [1.82, 2.24) is 19.9 Å². The SMILES string of the molecule is CCOC(=O)c1cnc(C)nc1Nc1ccc(Nc2cc(C)ncn2)cc1. The van der Waals surface area contributed by atoms with Crippen LogP contribution in [0.15, 0.2) is 42.9 Å². The minimum atomic E-state index is -0.461. The molecule has 8 nitrogen and oxygen atoms in total. The van der Waals surface area contributed by atoms with Crippen molar-refractivity contribution in [2.45, 2.75) is 20.8 Å². The van der Waals surface area contributed by atoms with Crippen molar-refractivity contribution in [2.75, 3.05) is 17.2 Å². The Kier molecular flexibility index (Phi) is 5.55. The lowest BCUT2D eigenvalue weighted by Gasteiger charge is -2.12. The van der Waals surface area contributed by atoms with Gasteiger partial charge in [0.25, 0.3) is 0 Å². The molecule has 2 N–H and O–H groups in total. The monoisotopic (exact) mass is 364 g/mol. The molecular formula is C19H20N6O2. The van der Waals surface area contributed by atoms with E-state index in [-0.39, 0.29) is 6.61 Å². The molecule has 0 amide bonds. The number of nitrogens with one attached hydrogen (secondary N) is 2. The fraction of sp³-hybridized carbons (Fsp3) is 0.211. The molecule has 3 rings (SSSR count). The van der Waals surface area contributed by atoms with Crippen LogP contribution in [0.2, 0.25) is 0 Å². The van der Waals surface area contributed by atoms with Crippen molar-refractivity contribution in [3.05, 3.63) is 59.9 Å². The van der Waals surface area contributed by atoms with Crippen molar-refractivity contribution in [3.63, 3.8) is 0 Å². The number of aromatic nitrogens is 4. The van der Waals surface area contributed by atoms with E-state index in [9.17, 15) is 4.79 Å². The number of esters is 1. The number of carbonyl (C=O) groups excluding carboxylic acids is 1. The second kappa shape index (κ2) is 8.22. The van der Waals surface area contributed by atoms with Gasteiger partial charge in [0.05, 0.1) is 6.61 Å². The number of aryl methyl sites for hydroxylation is 2. The molecule has 3 aromatic rings. The first kappa shape index (κ1) is 18.2. The van der Waals surface area contributed by atoms with E-state index in [1.165, 1.54) is 12.5 Å². The van der Waals surface area contributed by atoms with E-state index in [1.54, 1.807) is 13.8 Å². The van der Waals surface area contributed by atoms with Gasteiger partial charge in [0.2, 0.25) is 0 Å². The second-order valence-electron chi connectivity index (χ2n) is 5.77. The van der Waals surface area contributed by atoms with Crippen molar-refractivity contribution >= 4 is 29.0 Å². The van der Waals surface area contributed by atoms with Crippen molar-refractivity contribution in [1.29, 1.82) is 0 Å². The molecule has 0 saturated heterocycles. The third kappa shape index (κ3) is 4.75. The van der Waals surface area contributed by atoms with Gasteiger partial charge in [-0.3, -0.25) is 0 Å². The van der Waals surface area contributed by atoms with E-state index in [1.807, 2.05) is 37.3 Å². The highest BCUT2D eigenvalue weighted by atomic mass is 16.5. The van der Waals surface area contributed by atoms with Crippen LogP contribution < -0.4 is 10.6 Å². The third-order valence-electron chi connectivity index (χ3n) is 3.63. The lowest BCUT2D eigenvalue weighted by Crippen LogP contribution is -2.11. The largest absolute Gasteiger partial charge is 0.462 e. The van der Waals surface area contributed by atoms with Gasteiger partial charge in [-0.2, -0.15) is 0 Å². The molecule has 0 aliphatic carbocycles. The molecule has 0 spiro atoms. The Balaban J connectivity index is 1.77. The highest BCUT2D eigenvalue weighted by Crippen LogP contribution is 2.22. The molecule has 0 radical (unpaired) electrons. The Morgan fingerprint density at radius 2 is 1.74 bits per heavy atom. The molecule has 0 aliphatic heterocycles. The molecule has 27 heavy (non-hydrogen) atoms. The predicted molar refractivity (Wildman–Crippen MR) is 103 cm³/mol. The maximum Gasteiger partial charge on any atom is 0.343 e. The fourth-order valence-electron chi connectivity index (χ4n) is 2.37. The number of hydrogen-bond acceptors (Lipinski definition) is 8. The van der Waals surface area contributed by atoms with Gasteiger partial charge >= 0.3 is 5.97 Å². The maximum absolute atomic E-state index is 12.1. The molecule has 2 heterocycles. The number of nitrogens with zero attached hydrogens (tertiary/aromatic N) is 4. The molecule has 0 unspecified atom stereocenters. The first-order chi connectivity index (χ1) is 13.0. The summed E-state index contributed by atoms with van der Waals surface area (Å²) in [6, 6.07) is 9.42. The van der Waals surface area contributed by atoms with Crippen LogP contribution in [0.25, 0.3) is 0 Å². The van der Waals surface area contributed by atoms with E-state index < -0.39 is 5.97 Å². The molecule has 0 atom stereocenters. The van der Waals surface area contributed by atoms with Crippen LogP contribution in [-0.2, 0) is 4.74 Å². The summed E-state index contributed by atoms with van der Waals surface area (Å²) in [6.07, 6.45) is 2.98. The Hall–Kier alpha value is -3.55. The van der Waals surface area contributed by atoms with E-state index >= 15 is 0 Å². The summed E-state index contributed by atoms with van der Waals surface area (Å²) in [5.41, 5.74) is 2.84. The zero-order valence-electron chi connectivity index (χ0n) is 15.4. The van der Waals surface area contributed by atoms with Gasteiger partial charge in [0.1, 0.15) is 29.4 Å². The van der Waals surface area contributed by atoms with Crippen LogP contribution in [0.3, 0.4) is 0 Å². The first-order valence-corrected chi connectivity index (χ1v) is 8.48. The molecule has 1 aromatic carbocycles. The van der Waals surface area contributed by atoms with Gasteiger partial charge in [-0.15, -0.1) is 0 Å². The Bertz CT molecular complexity index is 943. The predicted octanol–water partition coefficient (Wildman–Crippen LogP) is 3.55. The van der Waals surface area contributed by atoms with Crippen molar-refractivity contribution < 1.29 is 9.53 Å². The van der Waals surface area contributed by atoms with Gasteiger partial charge in [-0.1, -0.05) is 0 Å². The van der Waals surface area contributed by atoms with Crippen LogP contribution in [0.4, 0.5) is 23.0 Å². The van der Waals surface area contributed by atoms with Crippen molar-refractivity contribution in [3.8, 4) is 0 Å². The quantitative estimate of drug-likeness (QED) is 0.640. The number of benzene rings is 1. The van der Waals surface area contributed by atoms with Crippen LogP contribution in [0.5, 0.6) is 0 Å². The first-order valence-electron chi connectivity index (χ1n) is 8.48. The lowest BCUT2D eigenvalue weighted by atomic mass is 10.2. The zero-order valence-corrected chi connectivity index (χ0v) is 15.4. The number of anilines is 4. The highest BCUT2D eigenvalue weighted by Gasteiger charge is 2.15. The summed E-state index contributed by atoms with van der Waals surface area (Å²) in [7, 11) is 0. The Morgan fingerprint density at radius 3 is 2.41 bits per heavy atom. The van der Waals surface area contributed by atoms with Crippen molar-refractivity contribution in [2.24, 2.45) is 0 Å². The fourth-order valence-corrected chi connectivity index (χ4v) is 2.37. The average Bonchev–Trinajstić information content (AvgIpc) is 2.64. The minimum Gasteiger partial charge on any atom is -0.462 e. The summed E-state index contributed by atoms with van der Waals surface area (Å²) in [5, 5.41) is 6.36. The summed E-state index contributed by atoms with van der Waals surface area (Å²) in [5.74, 6) is 1.23. The van der Waals surface area contributed by atoms with Gasteiger partial charge in [-0.05, 0) is 45.0 Å². The van der Waals surface area contributed by atoms with Crippen LogP contribution in [-0.4, -0.2) is 32.5 Å². The summed E-state index contributed by atoms with van der Waals surface area (Å²) >= 11 is 0. The molecule has 0 aliphatic rings. The number of carbonyl (C=O) groups is 1. The van der Waals surface area contributed by atoms with Crippen LogP contribution in [0.1, 0.15) is 28.8 Å². The molecule has 0 saturated carbocycles. The number of ether oxygens (including phenoxy) is 1. The minimum absolute atomic E-state index is 0.287. The third-order valence-corrected chi connectivity index (χ3v) is 3.63. The Labute approximate surface area is 157 Å². The second-order valence-corrected chi connectivity index (χ2v) is 5.77. The van der Waals surface area contributed by atoms with E-state index in [0.29, 0.717) is 17.2 Å². The molecule has 138 valence electrons. The summed E-state index contributed by atoms with van der Waals surface area (Å²) in [6.45, 7) is 5.71.